The minimum absolute atomic E-state index is 0.0249. The summed E-state index contributed by atoms with van der Waals surface area (Å²) in [5.41, 5.74) is 0.521. The van der Waals surface area contributed by atoms with Crippen LogP contribution < -0.4 is 4.74 Å². The number of carbonyl (C=O) groups excluding carboxylic acids is 1. The summed E-state index contributed by atoms with van der Waals surface area (Å²) in [6.45, 7) is 4.15. The monoisotopic (exact) mass is 281 g/mol. The van der Waals surface area contributed by atoms with Crippen molar-refractivity contribution in [3.63, 3.8) is 0 Å². The fourth-order valence-corrected chi connectivity index (χ4v) is 2.40. The highest BCUT2D eigenvalue weighted by Gasteiger charge is 2.35. The Kier molecular flexibility index (Phi) is 4.77. The van der Waals surface area contributed by atoms with Crippen molar-refractivity contribution in [1.82, 2.24) is 14.7 Å². The first-order valence-corrected chi connectivity index (χ1v) is 6.95. The zero-order valence-electron chi connectivity index (χ0n) is 12.6. The van der Waals surface area contributed by atoms with E-state index in [1.165, 1.54) is 0 Å². The van der Waals surface area contributed by atoms with Crippen LogP contribution in [0.15, 0.2) is 6.20 Å². The van der Waals surface area contributed by atoms with Gasteiger partial charge >= 0.3 is 0 Å². The van der Waals surface area contributed by atoms with E-state index >= 15 is 0 Å². The molecule has 1 aliphatic heterocycles. The molecule has 112 valence electrons. The van der Waals surface area contributed by atoms with Crippen molar-refractivity contribution in [2.75, 3.05) is 34.4 Å². The van der Waals surface area contributed by atoms with E-state index in [9.17, 15) is 4.79 Å². The molecule has 1 saturated heterocycles. The van der Waals surface area contributed by atoms with E-state index in [2.05, 4.69) is 10.00 Å². The quantitative estimate of drug-likeness (QED) is 0.730. The van der Waals surface area contributed by atoms with Gasteiger partial charge < -0.3 is 14.4 Å². The van der Waals surface area contributed by atoms with E-state index in [0.717, 1.165) is 13.0 Å². The van der Waals surface area contributed by atoms with Gasteiger partial charge in [0.2, 0.25) is 5.78 Å². The predicted molar refractivity (Wildman–Crippen MR) is 75.2 cm³/mol. The molecule has 0 bridgehead atoms. The van der Waals surface area contributed by atoms with Crippen LogP contribution in [0.2, 0.25) is 0 Å². The molecule has 1 aromatic rings. The van der Waals surface area contributed by atoms with Crippen molar-refractivity contribution < 1.29 is 14.3 Å². The summed E-state index contributed by atoms with van der Waals surface area (Å²) >= 11 is 0. The lowest BCUT2D eigenvalue weighted by atomic mass is 9.98. The van der Waals surface area contributed by atoms with Crippen molar-refractivity contribution in [3.05, 3.63) is 11.9 Å². The van der Waals surface area contributed by atoms with Gasteiger partial charge in [0.25, 0.3) is 0 Å². The Hall–Kier alpha value is -1.40. The normalized spacial score (nSPS) is 22.4. The molecule has 2 unspecified atom stereocenters. The predicted octanol–water partition coefficient (Wildman–Crippen LogP) is 1.06. The van der Waals surface area contributed by atoms with Gasteiger partial charge in [0.15, 0.2) is 5.75 Å². The minimum atomic E-state index is -0.376. The van der Waals surface area contributed by atoms with Crippen molar-refractivity contribution in [3.8, 4) is 5.75 Å². The molecular formula is C14H23N3O3. The van der Waals surface area contributed by atoms with E-state index in [0.29, 0.717) is 24.6 Å². The maximum absolute atomic E-state index is 12.7. The Bertz CT molecular complexity index is 470. The smallest absolute Gasteiger partial charge is 0.213 e. The van der Waals surface area contributed by atoms with Gasteiger partial charge in [-0.25, -0.2) is 0 Å². The maximum atomic E-state index is 12.7. The van der Waals surface area contributed by atoms with Crippen LogP contribution in [-0.2, 0) is 11.3 Å². The summed E-state index contributed by atoms with van der Waals surface area (Å²) in [6.07, 6.45) is 2.14. The minimum Gasteiger partial charge on any atom is -0.493 e. The second-order valence-corrected chi connectivity index (χ2v) is 5.51. The molecule has 0 aliphatic carbocycles. The average Bonchev–Trinajstić information content (AvgIpc) is 3.01. The molecule has 0 spiro atoms. The van der Waals surface area contributed by atoms with Crippen LogP contribution in [0.1, 0.15) is 23.8 Å². The van der Waals surface area contributed by atoms with Gasteiger partial charge in [-0.3, -0.25) is 9.48 Å². The van der Waals surface area contributed by atoms with Crippen LogP contribution in [0.4, 0.5) is 0 Å². The average molecular weight is 281 g/mol. The molecule has 0 N–H and O–H groups in total. The molecule has 2 atom stereocenters. The standard InChI is InChI=1S/C14H23N3O3/c1-10-5-8-20-14(10)13(18)12-11(19-4)9-15-17(12)7-6-16(2)3/h9-10,14H,5-8H2,1-4H3. The summed E-state index contributed by atoms with van der Waals surface area (Å²) in [5, 5.41) is 4.27. The molecule has 0 aromatic carbocycles. The molecule has 0 saturated carbocycles. The lowest BCUT2D eigenvalue weighted by molar-refractivity contribution is 0.0565. The van der Waals surface area contributed by atoms with E-state index in [4.69, 9.17) is 9.47 Å². The lowest BCUT2D eigenvalue weighted by Gasteiger charge is -2.16. The SMILES string of the molecule is COc1cnn(CCN(C)C)c1C(=O)C1OCCC1C. The molecule has 2 rings (SSSR count). The highest BCUT2D eigenvalue weighted by atomic mass is 16.5. The molecule has 6 nitrogen and oxygen atoms in total. The highest BCUT2D eigenvalue weighted by molar-refractivity contribution is 6.00. The summed E-state index contributed by atoms with van der Waals surface area (Å²) in [4.78, 5) is 14.7. The van der Waals surface area contributed by atoms with Crippen LogP contribution in [0.3, 0.4) is 0 Å². The Morgan fingerprint density at radius 2 is 2.35 bits per heavy atom. The van der Waals surface area contributed by atoms with Gasteiger partial charge in [-0.05, 0) is 26.4 Å². The molecule has 2 heterocycles. The van der Waals surface area contributed by atoms with E-state index in [1.54, 1.807) is 18.0 Å². The Balaban J connectivity index is 2.23. The van der Waals surface area contributed by atoms with Crippen LogP contribution in [0.5, 0.6) is 5.75 Å². The molecule has 20 heavy (non-hydrogen) atoms. The molecule has 0 amide bonds. The number of likely N-dealkylation sites (N-methyl/N-ethyl adjacent to an activating group) is 1. The van der Waals surface area contributed by atoms with Crippen LogP contribution in [0, 0.1) is 5.92 Å². The third-order valence-electron chi connectivity index (χ3n) is 3.66. The molecule has 1 fully saturated rings. The van der Waals surface area contributed by atoms with E-state index in [-0.39, 0.29) is 17.8 Å². The third kappa shape index (κ3) is 3.02. The van der Waals surface area contributed by atoms with E-state index in [1.807, 2.05) is 21.0 Å². The maximum Gasteiger partial charge on any atom is 0.213 e. The number of carbonyl (C=O) groups is 1. The number of rotatable bonds is 6. The largest absolute Gasteiger partial charge is 0.493 e. The molecule has 1 aliphatic rings. The van der Waals surface area contributed by atoms with Gasteiger partial charge in [-0.15, -0.1) is 0 Å². The molecule has 0 radical (unpaired) electrons. The van der Waals surface area contributed by atoms with Crippen LogP contribution in [-0.4, -0.2) is 60.9 Å². The number of nitrogens with zero attached hydrogens (tertiary/aromatic N) is 3. The second-order valence-electron chi connectivity index (χ2n) is 5.51. The molecule has 1 aromatic heterocycles. The number of hydrogen-bond acceptors (Lipinski definition) is 5. The highest BCUT2D eigenvalue weighted by Crippen LogP contribution is 2.27. The van der Waals surface area contributed by atoms with Crippen molar-refractivity contribution in [2.24, 2.45) is 5.92 Å². The van der Waals surface area contributed by atoms with Crippen molar-refractivity contribution in [2.45, 2.75) is 26.0 Å². The first kappa shape index (κ1) is 15.0. The van der Waals surface area contributed by atoms with Gasteiger partial charge in [-0.2, -0.15) is 5.10 Å². The topological polar surface area (TPSA) is 56.6 Å². The number of aromatic nitrogens is 2. The third-order valence-corrected chi connectivity index (χ3v) is 3.66. The van der Waals surface area contributed by atoms with E-state index < -0.39 is 0 Å². The zero-order chi connectivity index (χ0) is 14.7. The van der Waals surface area contributed by atoms with Gasteiger partial charge in [0, 0.05) is 13.2 Å². The number of ether oxygens (including phenoxy) is 2. The van der Waals surface area contributed by atoms with Crippen LogP contribution >= 0.6 is 0 Å². The Morgan fingerprint density at radius 1 is 1.60 bits per heavy atom. The van der Waals surface area contributed by atoms with Gasteiger partial charge in [-0.1, -0.05) is 6.92 Å². The summed E-state index contributed by atoms with van der Waals surface area (Å²) in [5.74, 6) is 0.740. The van der Waals surface area contributed by atoms with Crippen LogP contribution in [0.25, 0.3) is 0 Å². The summed E-state index contributed by atoms with van der Waals surface area (Å²) < 4.78 is 12.6. The second kappa shape index (κ2) is 6.37. The van der Waals surface area contributed by atoms with Gasteiger partial charge in [0.1, 0.15) is 11.8 Å². The fourth-order valence-electron chi connectivity index (χ4n) is 2.40. The number of hydrogen-bond donors (Lipinski definition) is 0. The Morgan fingerprint density at radius 3 is 2.90 bits per heavy atom. The van der Waals surface area contributed by atoms with Crippen molar-refractivity contribution in [1.29, 1.82) is 0 Å². The zero-order valence-corrected chi connectivity index (χ0v) is 12.6. The van der Waals surface area contributed by atoms with Crippen molar-refractivity contribution >= 4 is 5.78 Å². The fraction of sp³-hybridized carbons (Fsp3) is 0.714. The lowest BCUT2D eigenvalue weighted by Crippen LogP contribution is -2.29. The number of Topliss-reactive ketones (excluding diaryl/α,β-unsaturated/α-hetero) is 1. The summed E-state index contributed by atoms with van der Waals surface area (Å²) in [6, 6.07) is 0. The number of methoxy groups -OCH3 is 1. The first-order valence-electron chi connectivity index (χ1n) is 6.95. The first-order chi connectivity index (χ1) is 9.54. The van der Waals surface area contributed by atoms with Gasteiger partial charge in [0.05, 0.1) is 19.9 Å². The Labute approximate surface area is 119 Å². The molecule has 6 heteroatoms. The molecular weight excluding hydrogens is 258 g/mol. The number of ketones is 1. The summed E-state index contributed by atoms with van der Waals surface area (Å²) in [7, 11) is 5.54.